The van der Waals surface area contributed by atoms with Gasteiger partial charge in [0.05, 0.1) is 18.7 Å². The molecule has 2 aromatic rings. The minimum absolute atomic E-state index is 0.0748. The number of nitrogens with one attached hydrogen (secondary N) is 1. The third-order valence-electron chi connectivity index (χ3n) is 3.26. The fourth-order valence-electron chi connectivity index (χ4n) is 2.04. The average molecular weight is 377 g/mol. The molecule has 0 unspecified atom stereocenters. The lowest BCUT2D eigenvalue weighted by molar-refractivity contribution is -0.137. The van der Waals surface area contributed by atoms with Crippen LogP contribution in [0.1, 0.15) is 23.1 Å². The van der Waals surface area contributed by atoms with Gasteiger partial charge in [0.25, 0.3) is 0 Å². The van der Waals surface area contributed by atoms with Gasteiger partial charge < -0.3 is 10.1 Å². The maximum atomic E-state index is 12.2. The number of benzene rings is 1. The summed E-state index contributed by atoms with van der Waals surface area (Å²) in [6, 6.07) is 7.26. The van der Waals surface area contributed by atoms with Crippen LogP contribution in [0.25, 0.3) is 6.08 Å². The number of esters is 1. The van der Waals surface area contributed by atoms with Crippen molar-refractivity contribution < 1.29 is 14.3 Å². The number of thioether (sulfide) groups is 1. The van der Waals surface area contributed by atoms with Gasteiger partial charge in [0.2, 0.25) is 5.91 Å². The molecule has 0 saturated heterocycles. The maximum absolute atomic E-state index is 12.2. The molecule has 1 aromatic carbocycles. The van der Waals surface area contributed by atoms with Crippen molar-refractivity contribution >= 4 is 46.7 Å². The van der Waals surface area contributed by atoms with Gasteiger partial charge in [-0.1, -0.05) is 23.9 Å². The van der Waals surface area contributed by atoms with Crippen molar-refractivity contribution in [1.29, 1.82) is 0 Å². The normalized spacial score (nSPS) is 10.8. The fourth-order valence-corrected chi connectivity index (χ4v) is 3.69. The van der Waals surface area contributed by atoms with Crippen LogP contribution in [0.5, 0.6) is 0 Å². The van der Waals surface area contributed by atoms with Crippen molar-refractivity contribution in [2.75, 3.05) is 18.2 Å². The summed E-state index contributed by atoms with van der Waals surface area (Å²) in [7, 11) is 0. The van der Waals surface area contributed by atoms with Crippen molar-refractivity contribution in [3.8, 4) is 0 Å². The first-order valence-corrected chi connectivity index (χ1v) is 9.81. The van der Waals surface area contributed by atoms with E-state index in [1.165, 1.54) is 6.08 Å². The number of hydrogen-bond acceptors (Lipinski definition) is 6. The first-order valence-electron chi connectivity index (χ1n) is 7.77. The van der Waals surface area contributed by atoms with Crippen LogP contribution in [-0.4, -0.2) is 29.7 Å². The number of nitrogens with zero attached hydrogens (tertiary/aromatic N) is 1. The predicted molar refractivity (Wildman–Crippen MR) is 103 cm³/mol. The highest BCUT2D eigenvalue weighted by atomic mass is 32.2. The zero-order valence-electron chi connectivity index (χ0n) is 14.4. The van der Waals surface area contributed by atoms with Gasteiger partial charge in [0.1, 0.15) is 4.34 Å². The molecule has 0 aliphatic rings. The van der Waals surface area contributed by atoms with Gasteiger partial charge in [-0.2, -0.15) is 0 Å². The second kappa shape index (κ2) is 9.39. The van der Waals surface area contributed by atoms with E-state index in [1.54, 1.807) is 48.2 Å². The topological polar surface area (TPSA) is 68.3 Å². The lowest BCUT2D eigenvalue weighted by Gasteiger charge is -2.05. The molecule has 0 aliphatic heterocycles. The highest BCUT2D eigenvalue weighted by Gasteiger charge is 2.11. The molecule has 0 saturated carbocycles. The van der Waals surface area contributed by atoms with Gasteiger partial charge in [-0.25, -0.2) is 9.78 Å². The van der Waals surface area contributed by atoms with E-state index in [1.807, 2.05) is 25.3 Å². The zero-order chi connectivity index (χ0) is 18.2. The minimum atomic E-state index is -0.371. The number of aryl methyl sites for hydroxylation is 1. The molecule has 132 valence electrons. The van der Waals surface area contributed by atoms with Crippen LogP contribution >= 0.6 is 23.1 Å². The van der Waals surface area contributed by atoms with E-state index in [9.17, 15) is 9.59 Å². The van der Waals surface area contributed by atoms with Crippen LogP contribution in [0.15, 0.2) is 34.7 Å². The Morgan fingerprint density at radius 1 is 1.32 bits per heavy atom. The minimum Gasteiger partial charge on any atom is -0.463 e. The molecule has 0 spiro atoms. The molecule has 0 aliphatic carbocycles. The van der Waals surface area contributed by atoms with Crippen molar-refractivity contribution in [3.05, 3.63) is 46.5 Å². The SMILES string of the molecule is CCOC(=O)C=Cc1ccc(NC(=O)Cc2sc(SC)nc2C)cc1. The van der Waals surface area contributed by atoms with Crippen molar-refractivity contribution in [2.24, 2.45) is 0 Å². The number of rotatable bonds is 7. The molecule has 1 amide bonds. The zero-order valence-corrected chi connectivity index (χ0v) is 16.0. The largest absolute Gasteiger partial charge is 0.463 e. The van der Waals surface area contributed by atoms with Crippen molar-refractivity contribution in [1.82, 2.24) is 4.98 Å². The molecule has 5 nitrogen and oxygen atoms in total. The van der Waals surface area contributed by atoms with Crippen LogP contribution in [0, 0.1) is 6.92 Å². The number of thiazole rings is 1. The molecule has 7 heteroatoms. The summed E-state index contributed by atoms with van der Waals surface area (Å²) in [5.41, 5.74) is 2.48. The summed E-state index contributed by atoms with van der Waals surface area (Å²) < 4.78 is 5.80. The lowest BCUT2D eigenvalue weighted by atomic mass is 10.2. The summed E-state index contributed by atoms with van der Waals surface area (Å²) in [5.74, 6) is -0.446. The third-order valence-corrected chi connectivity index (χ3v) is 5.40. The number of anilines is 1. The fraction of sp³-hybridized carbons (Fsp3) is 0.278. The smallest absolute Gasteiger partial charge is 0.330 e. The summed E-state index contributed by atoms with van der Waals surface area (Å²) in [6.07, 6.45) is 5.34. The Bertz CT molecular complexity index is 767. The predicted octanol–water partition coefficient (Wildman–Crippen LogP) is 3.93. The Balaban J connectivity index is 1.92. The van der Waals surface area contributed by atoms with E-state index in [0.29, 0.717) is 18.7 Å². The second-order valence-electron chi connectivity index (χ2n) is 5.12. The Kier molecular flexibility index (Phi) is 7.21. The molecule has 0 fully saturated rings. The first kappa shape index (κ1) is 19.2. The van der Waals surface area contributed by atoms with Gasteiger partial charge in [0.15, 0.2) is 0 Å². The summed E-state index contributed by atoms with van der Waals surface area (Å²) in [6.45, 7) is 4.04. The number of aromatic nitrogens is 1. The molecule has 1 heterocycles. The van der Waals surface area contributed by atoms with Crippen LogP contribution in [0.2, 0.25) is 0 Å². The third kappa shape index (κ3) is 6.03. The lowest BCUT2D eigenvalue weighted by Crippen LogP contribution is -2.14. The molecule has 0 bridgehead atoms. The summed E-state index contributed by atoms with van der Waals surface area (Å²) in [5, 5.41) is 2.87. The van der Waals surface area contributed by atoms with E-state index in [4.69, 9.17) is 4.74 Å². The van der Waals surface area contributed by atoms with Gasteiger partial charge in [-0.15, -0.1) is 11.3 Å². The van der Waals surface area contributed by atoms with Crippen molar-refractivity contribution in [2.45, 2.75) is 24.6 Å². The standard InChI is InChI=1S/C18H20N2O3S2/c1-4-23-17(22)10-7-13-5-8-14(9-6-13)20-16(21)11-15-12(2)19-18(24-3)25-15/h5-10H,4,11H2,1-3H3,(H,20,21). The number of hydrogen-bond donors (Lipinski definition) is 1. The van der Waals surface area contributed by atoms with E-state index >= 15 is 0 Å². The molecule has 1 N–H and O–H groups in total. The molecular formula is C18H20N2O3S2. The summed E-state index contributed by atoms with van der Waals surface area (Å²) in [4.78, 5) is 28.9. The van der Waals surface area contributed by atoms with Crippen LogP contribution in [0.4, 0.5) is 5.69 Å². The van der Waals surface area contributed by atoms with Gasteiger partial charge in [-0.3, -0.25) is 4.79 Å². The summed E-state index contributed by atoms with van der Waals surface area (Å²) >= 11 is 3.13. The second-order valence-corrected chi connectivity index (χ2v) is 7.26. The van der Waals surface area contributed by atoms with E-state index < -0.39 is 0 Å². The van der Waals surface area contributed by atoms with Gasteiger partial charge >= 0.3 is 5.97 Å². The molecular weight excluding hydrogens is 356 g/mol. The van der Waals surface area contributed by atoms with E-state index in [2.05, 4.69) is 10.3 Å². The van der Waals surface area contributed by atoms with Gasteiger partial charge in [-0.05, 0) is 43.9 Å². The Hall–Kier alpha value is -2.12. The number of amides is 1. The number of carbonyl (C=O) groups excluding carboxylic acids is 2. The molecule has 1 aromatic heterocycles. The highest BCUT2D eigenvalue weighted by molar-refractivity contribution is 8.00. The molecule has 2 rings (SSSR count). The molecule has 0 radical (unpaired) electrons. The monoisotopic (exact) mass is 376 g/mol. The van der Waals surface area contributed by atoms with Gasteiger partial charge in [0, 0.05) is 16.6 Å². The van der Waals surface area contributed by atoms with Crippen LogP contribution in [-0.2, 0) is 20.7 Å². The van der Waals surface area contributed by atoms with Crippen LogP contribution in [0.3, 0.4) is 0 Å². The molecule has 25 heavy (non-hydrogen) atoms. The maximum Gasteiger partial charge on any atom is 0.330 e. The Morgan fingerprint density at radius 3 is 2.64 bits per heavy atom. The first-order chi connectivity index (χ1) is 12.0. The van der Waals surface area contributed by atoms with E-state index in [0.717, 1.165) is 20.5 Å². The van der Waals surface area contributed by atoms with E-state index in [-0.39, 0.29) is 11.9 Å². The number of carbonyl (C=O) groups is 2. The average Bonchev–Trinajstić information content (AvgIpc) is 2.94. The quantitative estimate of drug-likeness (QED) is 0.450. The Labute approximate surface area is 155 Å². The highest BCUT2D eigenvalue weighted by Crippen LogP contribution is 2.26. The van der Waals surface area contributed by atoms with Crippen molar-refractivity contribution in [3.63, 3.8) is 0 Å². The Morgan fingerprint density at radius 2 is 2.04 bits per heavy atom. The number of ether oxygens (including phenoxy) is 1. The molecule has 0 atom stereocenters. The van der Waals surface area contributed by atoms with Crippen LogP contribution < -0.4 is 5.32 Å².